The number of rotatable bonds is 1. The molecule has 1 saturated heterocycles. The molecule has 0 aromatic heterocycles. The summed E-state index contributed by atoms with van der Waals surface area (Å²) in [5.74, 6) is 5.33. The monoisotopic (exact) mass is 229 g/mol. The molecule has 0 bridgehead atoms. The quantitative estimate of drug-likeness (QED) is 0.588. The molecule has 0 amide bonds. The first kappa shape index (κ1) is 11.6. The third-order valence-electron chi connectivity index (χ3n) is 2.27. The third kappa shape index (κ3) is 2.83. The first-order valence-electron chi connectivity index (χ1n) is 5.19. The van der Waals surface area contributed by atoms with E-state index in [2.05, 4.69) is 16.7 Å². The van der Waals surface area contributed by atoms with Crippen molar-refractivity contribution >= 4 is 5.69 Å². The van der Waals surface area contributed by atoms with Crippen LogP contribution in [-0.4, -0.2) is 24.9 Å². The summed E-state index contributed by atoms with van der Waals surface area (Å²) in [6.45, 7) is 7.95. The molecule has 1 N–H and O–H groups in total. The fraction of sp³-hybridized carbons (Fsp3) is 0.308. The van der Waals surface area contributed by atoms with Crippen molar-refractivity contribution in [1.82, 2.24) is 0 Å². The lowest BCUT2D eigenvalue weighted by molar-refractivity contribution is -0.0440. The second kappa shape index (κ2) is 5.47. The molecule has 4 heteroatoms. The summed E-state index contributed by atoms with van der Waals surface area (Å²) in [4.78, 5) is 3.38. The van der Waals surface area contributed by atoms with E-state index in [4.69, 9.17) is 21.2 Å². The Bertz CT molecular complexity index is 502. The maximum atomic E-state index is 8.65. The molecule has 1 aromatic carbocycles. The highest BCUT2D eigenvalue weighted by atomic mass is 16.7. The molecule has 0 saturated carbocycles. The van der Waals surface area contributed by atoms with Gasteiger partial charge in [-0.2, -0.15) is 0 Å². The fourth-order valence-electron chi connectivity index (χ4n) is 1.60. The van der Waals surface area contributed by atoms with Crippen molar-refractivity contribution in [2.75, 3.05) is 19.8 Å². The lowest BCUT2D eigenvalue weighted by Gasteiger charge is -2.10. The Labute approximate surface area is 99.6 Å². The van der Waals surface area contributed by atoms with Gasteiger partial charge in [-0.05, 0) is 23.8 Å². The summed E-state index contributed by atoms with van der Waals surface area (Å²) in [5.41, 5.74) is 1.96. The molecule has 0 radical (unpaired) electrons. The van der Waals surface area contributed by atoms with Gasteiger partial charge in [-0.15, -0.1) is 0 Å². The summed E-state index contributed by atoms with van der Waals surface area (Å²) < 4.78 is 10.8. The van der Waals surface area contributed by atoms with E-state index in [1.165, 1.54) is 0 Å². The van der Waals surface area contributed by atoms with Crippen LogP contribution in [0.3, 0.4) is 0 Å². The highest BCUT2D eigenvalue weighted by Crippen LogP contribution is 2.27. The van der Waals surface area contributed by atoms with E-state index in [0.29, 0.717) is 24.5 Å². The van der Waals surface area contributed by atoms with Crippen molar-refractivity contribution in [2.45, 2.75) is 6.29 Å². The van der Waals surface area contributed by atoms with E-state index >= 15 is 0 Å². The van der Waals surface area contributed by atoms with Crippen molar-refractivity contribution in [3.8, 4) is 11.8 Å². The highest BCUT2D eigenvalue weighted by Gasteiger charge is 2.18. The van der Waals surface area contributed by atoms with E-state index < -0.39 is 6.29 Å². The maximum Gasteiger partial charge on any atom is 0.188 e. The molecule has 1 fully saturated rings. The zero-order valence-electron chi connectivity index (χ0n) is 9.14. The molecule has 2 rings (SSSR count). The van der Waals surface area contributed by atoms with Gasteiger partial charge in [0.1, 0.15) is 6.61 Å². The predicted octanol–water partition coefficient (Wildman–Crippen LogP) is 1.63. The summed E-state index contributed by atoms with van der Waals surface area (Å²) in [7, 11) is 0. The van der Waals surface area contributed by atoms with Crippen LogP contribution in [0.15, 0.2) is 18.2 Å². The van der Waals surface area contributed by atoms with Crippen LogP contribution in [0.25, 0.3) is 4.85 Å². The number of nitrogens with zero attached hydrogens (tertiary/aromatic N) is 1. The Morgan fingerprint density at radius 2 is 2.12 bits per heavy atom. The van der Waals surface area contributed by atoms with Crippen molar-refractivity contribution in [2.24, 2.45) is 0 Å². The van der Waals surface area contributed by atoms with Crippen LogP contribution in [0, 0.1) is 18.4 Å². The van der Waals surface area contributed by atoms with Crippen LogP contribution >= 0.6 is 0 Å². The lowest BCUT2D eigenvalue weighted by atomic mass is 10.1. The molecule has 17 heavy (non-hydrogen) atoms. The zero-order chi connectivity index (χ0) is 12.1. The highest BCUT2D eigenvalue weighted by molar-refractivity contribution is 5.54. The molecule has 0 spiro atoms. The standard InChI is InChI=1S/C13H11NO3/c1-14-12-8-10(3-2-4-15)7-11(9-12)13-16-5-6-17-13/h7-9,13,15H,4-6H2. The zero-order valence-corrected chi connectivity index (χ0v) is 9.14. The molecule has 1 aromatic rings. The van der Waals surface area contributed by atoms with Crippen LogP contribution in [0.1, 0.15) is 17.4 Å². The molecule has 4 nitrogen and oxygen atoms in total. The van der Waals surface area contributed by atoms with E-state index in [1.807, 2.05) is 6.07 Å². The Kier molecular flexibility index (Phi) is 3.74. The summed E-state index contributed by atoms with van der Waals surface area (Å²) in [6.07, 6.45) is -0.411. The van der Waals surface area contributed by atoms with Crippen LogP contribution in [0.4, 0.5) is 5.69 Å². The van der Waals surface area contributed by atoms with Crippen LogP contribution in [0.5, 0.6) is 0 Å². The Hall–Kier alpha value is -1.85. The van der Waals surface area contributed by atoms with Crippen molar-refractivity contribution in [3.05, 3.63) is 40.7 Å². The number of hydrogen-bond donors (Lipinski definition) is 1. The molecule has 1 aliphatic rings. The second-order valence-electron chi connectivity index (χ2n) is 3.46. The van der Waals surface area contributed by atoms with E-state index in [9.17, 15) is 0 Å². The third-order valence-corrected chi connectivity index (χ3v) is 2.27. The summed E-state index contributed by atoms with van der Waals surface area (Å²) >= 11 is 0. The molecule has 0 atom stereocenters. The van der Waals surface area contributed by atoms with Crippen molar-refractivity contribution < 1.29 is 14.6 Å². The number of hydrogen-bond acceptors (Lipinski definition) is 3. The van der Waals surface area contributed by atoms with Gasteiger partial charge in [-0.1, -0.05) is 11.8 Å². The van der Waals surface area contributed by atoms with Gasteiger partial charge in [0.2, 0.25) is 0 Å². The van der Waals surface area contributed by atoms with Crippen LogP contribution in [0.2, 0.25) is 0 Å². The van der Waals surface area contributed by atoms with Gasteiger partial charge < -0.3 is 14.6 Å². The van der Waals surface area contributed by atoms with Gasteiger partial charge in [0, 0.05) is 5.56 Å². The van der Waals surface area contributed by atoms with E-state index in [-0.39, 0.29) is 6.61 Å². The Morgan fingerprint density at radius 3 is 2.76 bits per heavy atom. The number of aliphatic hydroxyl groups is 1. The topological polar surface area (TPSA) is 43.0 Å². The SMILES string of the molecule is [C-]#[N+]c1cc(C#CCO)cc(C2OCCO2)c1. The van der Waals surface area contributed by atoms with Crippen LogP contribution in [-0.2, 0) is 9.47 Å². The molecular formula is C13H11NO3. The van der Waals surface area contributed by atoms with Gasteiger partial charge in [0.05, 0.1) is 19.8 Å². The molecule has 86 valence electrons. The van der Waals surface area contributed by atoms with Crippen molar-refractivity contribution in [1.29, 1.82) is 0 Å². The Balaban J connectivity index is 2.35. The molecule has 1 aliphatic heterocycles. The van der Waals surface area contributed by atoms with E-state index in [1.54, 1.807) is 12.1 Å². The minimum Gasteiger partial charge on any atom is -0.384 e. The fourth-order valence-corrected chi connectivity index (χ4v) is 1.60. The number of benzene rings is 1. The van der Waals surface area contributed by atoms with Gasteiger partial charge in [0.15, 0.2) is 12.0 Å². The smallest absolute Gasteiger partial charge is 0.188 e. The van der Waals surface area contributed by atoms with Gasteiger partial charge >= 0.3 is 0 Å². The average Bonchev–Trinajstić information content (AvgIpc) is 2.89. The number of aliphatic hydroxyl groups excluding tert-OH is 1. The molecule has 0 aliphatic carbocycles. The first-order chi connectivity index (χ1) is 8.33. The normalized spacial score (nSPS) is 15.1. The van der Waals surface area contributed by atoms with Crippen molar-refractivity contribution in [3.63, 3.8) is 0 Å². The predicted molar refractivity (Wildman–Crippen MR) is 61.3 cm³/mol. The summed E-state index contributed by atoms with van der Waals surface area (Å²) in [5, 5.41) is 8.65. The largest absolute Gasteiger partial charge is 0.384 e. The lowest BCUT2D eigenvalue weighted by Crippen LogP contribution is -1.98. The Morgan fingerprint density at radius 1 is 1.35 bits per heavy atom. The van der Waals surface area contributed by atoms with Crippen LogP contribution < -0.4 is 0 Å². The average molecular weight is 229 g/mol. The molecule has 1 heterocycles. The summed E-state index contributed by atoms with van der Waals surface area (Å²) in [6, 6.07) is 5.22. The maximum absolute atomic E-state index is 8.65. The van der Waals surface area contributed by atoms with Gasteiger partial charge in [0.25, 0.3) is 0 Å². The van der Waals surface area contributed by atoms with E-state index in [0.717, 1.165) is 5.56 Å². The molecular weight excluding hydrogens is 218 g/mol. The minimum absolute atomic E-state index is 0.200. The molecule has 0 unspecified atom stereocenters. The first-order valence-corrected chi connectivity index (χ1v) is 5.19. The number of ether oxygens (including phenoxy) is 2. The second-order valence-corrected chi connectivity index (χ2v) is 3.46. The van der Waals surface area contributed by atoms with Gasteiger partial charge in [-0.25, -0.2) is 4.85 Å². The minimum atomic E-state index is -0.411. The van der Waals surface area contributed by atoms with Gasteiger partial charge in [-0.3, -0.25) is 0 Å².